The number of rotatable bonds is 3. The normalized spacial score (nSPS) is 11.1. The second-order valence-electron chi connectivity index (χ2n) is 3.77. The SMILES string of the molecule is OCc1cc(N=Nc2ccc(I)cc2F)ccc1O. The van der Waals surface area contributed by atoms with Crippen molar-refractivity contribution < 1.29 is 14.6 Å². The van der Waals surface area contributed by atoms with Crippen molar-refractivity contribution in [3.05, 3.63) is 51.3 Å². The maximum Gasteiger partial charge on any atom is 0.151 e. The van der Waals surface area contributed by atoms with Gasteiger partial charge in [-0.3, -0.25) is 0 Å². The molecule has 0 amide bonds. The summed E-state index contributed by atoms with van der Waals surface area (Å²) >= 11 is 2.01. The zero-order chi connectivity index (χ0) is 13.8. The molecule has 0 radical (unpaired) electrons. The minimum atomic E-state index is -0.447. The molecule has 0 unspecified atom stereocenters. The standard InChI is InChI=1S/C13H10FIN2O2/c14-11-6-9(15)1-3-12(11)17-16-10-2-4-13(19)8(5-10)7-18/h1-6,18-19H,7H2. The van der Waals surface area contributed by atoms with E-state index in [1.807, 2.05) is 22.6 Å². The van der Waals surface area contributed by atoms with E-state index in [0.717, 1.165) is 3.57 Å². The molecule has 0 atom stereocenters. The summed E-state index contributed by atoms with van der Waals surface area (Å²) in [4.78, 5) is 0. The topological polar surface area (TPSA) is 65.2 Å². The summed E-state index contributed by atoms with van der Waals surface area (Å²) in [5.74, 6) is -0.460. The van der Waals surface area contributed by atoms with Crippen molar-refractivity contribution in [1.82, 2.24) is 0 Å². The quantitative estimate of drug-likeness (QED) is 0.631. The van der Waals surface area contributed by atoms with Gasteiger partial charge in [-0.05, 0) is 59.0 Å². The van der Waals surface area contributed by atoms with Crippen LogP contribution in [0.25, 0.3) is 0 Å². The van der Waals surface area contributed by atoms with Gasteiger partial charge in [0.2, 0.25) is 0 Å². The van der Waals surface area contributed by atoms with E-state index in [9.17, 15) is 9.50 Å². The lowest BCUT2D eigenvalue weighted by Gasteiger charge is -2.01. The predicted molar refractivity (Wildman–Crippen MR) is 77.3 cm³/mol. The van der Waals surface area contributed by atoms with Crippen molar-refractivity contribution in [3.63, 3.8) is 0 Å². The predicted octanol–water partition coefficient (Wildman–Crippen LogP) is 4.04. The highest BCUT2D eigenvalue weighted by Gasteiger charge is 2.03. The van der Waals surface area contributed by atoms with Gasteiger partial charge in [0.05, 0.1) is 12.3 Å². The van der Waals surface area contributed by atoms with Crippen LogP contribution >= 0.6 is 22.6 Å². The number of azo groups is 1. The Balaban J connectivity index is 2.27. The Morgan fingerprint density at radius 1 is 1.11 bits per heavy atom. The van der Waals surface area contributed by atoms with Crippen molar-refractivity contribution in [2.24, 2.45) is 10.2 Å². The molecule has 0 heterocycles. The molecule has 0 bridgehead atoms. The van der Waals surface area contributed by atoms with Crippen molar-refractivity contribution in [2.75, 3.05) is 0 Å². The van der Waals surface area contributed by atoms with E-state index >= 15 is 0 Å². The molecule has 2 N–H and O–H groups in total. The number of aliphatic hydroxyl groups is 1. The van der Waals surface area contributed by atoms with Gasteiger partial charge in [0, 0.05) is 9.13 Å². The molecule has 0 fully saturated rings. The molecular formula is C13H10FIN2O2. The van der Waals surface area contributed by atoms with Gasteiger partial charge in [-0.2, -0.15) is 5.11 Å². The van der Waals surface area contributed by atoms with Crippen LogP contribution in [0.3, 0.4) is 0 Å². The molecule has 0 saturated carbocycles. The van der Waals surface area contributed by atoms with Crippen molar-refractivity contribution in [3.8, 4) is 5.75 Å². The van der Waals surface area contributed by atoms with Crippen LogP contribution in [0, 0.1) is 9.39 Å². The average molecular weight is 372 g/mol. The Kier molecular flexibility index (Phi) is 4.43. The number of aromatic hydroxyl groups is 1. The van der Waals surface area contributed by atoms with Crippen LogP contribution in [-0.4, -0.2) is 10.2 Å². The van der Waals surface area contributed by atoms with E-state index in [4.69, 9.17) is 5.11 Å². The lowest BCUT2D eigenvalue weighted by molar-refractivity contribution is 0.275. The van der Waals surface area contributed by atoms with Crippen molar-refractivity contribution >= 4 is 34.0 Å². The Morgan fingerprint density at radius 2 is 1.89 bits per heavy atom. The van der Waals surface area contributed by atoms with Gasteiger partial charge in [0.1, 0.15) is 11.4 Å². The Hall–Kier alpha value is -1.54. The fourth-order valence-electron chi connectivity index (χ4n) is 1.43. The molecule has 0 saturated heterocycles. The second-order valence-corrected chi connectivity index (χ2v) is 5.01. The largest absolute Gasteiger partial charge is 0.508 e. The van der Waals surface area contributed by atoms with Gasteiger partial charge in [-0.1, -0.05) is 0 Å². The molecule has 0 aliphatic carbocycles. The molecule has 19 heavy (non-hydrogen) atoms. The summed E-state index contributed by atoms with van der Waals surface area (Å²) in [7, 11) is 0. The van der Waals surface area contributed by atoms with Crippen LogP contribution in [0.2, 0.25) is 0 Å². The van der Waals surface area contributed by atoms with Gasteiger partial charge >= 0.3 is 0 Å². The summed E-state index contributed by atoms with van der Waals surface area (Å²) in [6, 6.07) is 9.06. The highest BCUT2D eigenvalue weighted by atomic mass is 127. The van der Waals surface area contributed by atoms with Gasteiger partial charge in [0.15, 0.2) is 5.82 Å². The molecule has 0 aliphatic heterocycles. The van der Waals surface area contributed by atoms with Crippen LogP contribution in [0.5, 0.6) is 5.75 Å². The first-order chi connectivity index (χ1) is 9.10. The highest BCUT2D eigenvalue weighted by molar-refractivity contribution is 14.1. The number of aliphatic hydroxyl groups excluding tert-OH is 1. The van der Waals surface area contributed by atoms with Crippen molar-refractivity contribution in [1.29, 1.82) is 0 Å². The van der Waals surface area contributed by atoms with Gasteiger partial charge in [-0.15, -0.1) is 5.11 Å². The fourth-order valence-corrected chi connectivity index (χ4v) is 1.89. The van der Waals surface area contributed by atoms with Gasteiger partial charge < -0.3 is 10.2 Å². The number of benzene rings is 2. The zero-order valence-electron chi connectivity index (χ0n) is 9.72. The van der Waals surface area contributed by atoms with Crippen LogP contribution in [0.1, 0.15) is 5.56 Å². The Labute approximate surface area is 122 Å². The summed E-state index contributed by atoms with van der Waals surface area (Å²) in [5, 5.41) is 26.1. The molecular weight excluding hydrogens is 362 g/mol. The fraction of sp³-hybridized carbons (Fsp3) is 0.0769. The summed E-state index contributed by atoms with van der Waals surface area (Å²) in [5.41, 5.74) is 0.915. The number of hydrogen-bond acceptors (Lipinski definition) is 4. The monoisotopic (exact) mass is 372 g/mol. The van der Waals surface area contributed by atoms with Gasteiger partial charge in [-0.25, -0.2) is 4.39 Å². The van der Waals surface area contributed by atoms with Crippen molar-refractivity contribution in [2.45, 2.75) is 6.61 Å². The summed E-state index contributed by atoms with van der Waals surface area (Å²) in [6.07, 6.45) is 0. The number of nitrogens with zero attached hydrogens (tertiary/aromatic N) is 2. The third-order valence-electron chi connectivity index (χ3n) is 2.42. The molecule has 2 aromatic carbocycles. The van der Waals surface area contributed by atoms with Crippen LogP contribution in [0.4, 0.5) is 15.8 Å². The van der Waals surface area contributed by atoms with E-state index in [1.165, 1.54) is 30.3 Å². The molecule has 2 rings (SSSR count). The third kappa shape index (κ3) is 3.48. The maximum absolute atomic E-state index is 13.5. The smallest absolute Gasteiger partial charge is 0.151 e. The van der Waals surface area contributed by atoms with Crippen LogP contribution in [0.15, 0.2) is 46.6 Å². The molecule has 6 heteroatoms. The highest BCUT2D eigenvalue weighted by Crippen LogP contribution is 2.26. The first kappa shape index (κ1) is 13.9. The number of phenols is 1. The maximum atomic E-state index is 13.5. The zero-order valence-corrected chi connectivity index (χ0v) is 11.9. The lowest BCUT2D eigenvalue weighted by atomic mass is 10.2. The first-order valence-electron chi connectivity index (χ1n) is 5.39. The number of hydrogen-bond donors (Lipinski definition) is 2. The summed E-state index contributed by atoms with van der Waals surface area (Å²) in [6.45, 7) is -0.299. The lowest BCUT2D eigenvalue weighted by Crippen LogP contribution is -1.82. The van der Waals surface area contributed by atoms with Crippen LogP contribution in [-0.2, 0) is 6.61 Å². The minimum absolute atomic E-state index is 0.0121. The molecule has 4 nitrogen and oxygen atoms in total. The summed E-state index contributed by atoms with van der Waals surface area (Å²) < 4.78 is 14.3. The Morgan fingerprint density at radius 3 is 2.58 bits per heavy atom. The van der Waals surface area contributed by atoms with Gasteiger partial charge in [0.25, 0.3) is 0 Å². The first-order valence-corrected chi connectivity index (χ1v) is 6.47. The second kappa shape index (κ2) is 6.07. The molecule has 2 aromatic rings. The third-order valence-corrected chi connectivity index (χ3v) is 3.09. The molecule has 98 valence electrons. The van der Waals surface area contributed by atoms with E-state index < -0.39 is 5.82 Å². The molecule has 0 aliphatic rings. The average Bonchev–Trinajstić information content (AvgIpc) is 2.39. The molecule has 0 spiro atoms. The van der Waals surface area contributed by atoms with E-state index in [1.54, 1.807) is 6.07 Å². The van der Waals surface area contributed by atoms with E-state index in [-0.39, 0.29) is 18.0 Å². The number of halogens is 2. The Bertz CT molecular complexity index is 632. The van der Waals surface area contributed by atoms with Crippen LogP contribution < -0.4 is 0 Å². The van der Waals surface area contributed by atoms with E-state index in [0.29, 0.717) is 11.3 Å². The van der Waals surface area contributed by atoms with E-state index in [2.05, 4.69) is 10.2 Å². The minimum Gasteiger partial charge on any atom is -0.508 e. The molecule has 0 aromatic heterocycles.